The molecular formula is C21H26N2O4S. The van der Waals surface area contributed by atoms with Gasteiger partial charge in [0.15, 0.2) is 5.17 Å². The Hall–Kier alpha value is -2.28. The molecule has 6 nitrogen and oxygen atoms in total. The standard InChI is InChI=1S/C21H26N2O4S/c1-4-6-12-27-16-9-7-15(8-10-16)19-18(20(25)26-5-2)14(3)22-21-23(19)17(24)11-13-28-21/h7-10,19H,4-6,11-13H2,1-3H3/t19-/m0/s1. The first-order valence-electron chi connectivity index (χ1n) is 9.71. The molecule has 0 unspecified atom stereocenters. The Labute approximate surface area is 170 Å². The molecule has 0 N–H and O–H groups in total. The lowest BCUT2D eigenvalue weighted by atomic mass is 9.94. The summed E-state index contributed by atoms with van der Waals surface area (Å²) in [6.45, 7) is 6.63. The van der Waals surface area contributed by atoms with E-state index in [2.05, 4.69) is 11.9 Å². The van der Waals surface area contributed by atoms with E-state index in [0.717, 1.165) is 24.2 Å². The maximum absolute atomic E-state index is 12.7. The van der Waals surface area contributed by atoms with Crippen LogP contribution in [0.3, 0.4) is 0 Å². The normalized spacial score (nSPS) is 19.2. The van der Waals surface area contributed by atoms with Crippen LogP contribution in [0.2, 0.25) is 0 Å². The summed E-state index contributed by atoms with van der Waals surface area (Å²) in [5.74, 6) is 1.02. The van der Waals surface area contributed by atoms with E-state index in [-0.39, 0.29) is 12.5 Å². The highest BCUT2D eigenvalue weighted by Gasteiger charge is 2.41. The minimum Gasteiger partial charge on any atom is -0.494 e. The predicted octanol–water partition coefficient (Wildman–Crippen LogP) is 4.08. The van der Waals surface area contributed by atoms with Crippen molar-refractivity contribution in [2.24, 2.45) is 4.99 Å². The molecule has 0 aromatic heterocycles. The molecular weight excluding hydrogens is 376 g/mol. The summed E-state index contributed by atoms with van der Waals surface area (Å²) in [4.78, 5) is 31.6. The molecule has 7 heteroatoms. The van der Waals surface area contributed by atoms with Crippen molar-refractivity contribution in [2.45, 2.75) is 46.1 Å². The van der Waals surface area contributed by atoms with Crippen LogP contribution in [0.25, 0.3) is 0 Å². The van der Waals surface area contributed by atoms with Crippen LogP contribution in [0, 0.1) is 0 Å². The SMILES string of the molecule is CCCCOc1ccc([C@H]2C(C(=O)OCC)=C(C)N=C3SCCC(=O)N32)cc1. The average molecular weight is 403 g/mol. The quantitative estimate of drug-likeness (QED) is 0.508. The number of carbonyl (C=O) groups excluding carboxylic acids is 2. The third kappa shape index (κ3) is 4.24. The second-order valence-electron chi connectivity index (χ2n) is 6.65. The fourth-order valence-corrected chi connectivity index (χ4v) is 4.27. The number of nitrogens with zero attached hydrogens (tertiary/aromatic N) is 2. The van der Waals surface area contributed by atoms with E-state index in [9.17, 15) is 9.59 Å². The van der Waals surface area contributed by atoms with Crippen molar-refractivity contribution in [1.29, 1.82) is 0 Å². The van der Waals surface area contributed by atoms with Gasteiger partial charge in [-0.3, -0.25) is 9.69 Å². The molecule has 0 spiro atoms. The fourth-order valence-electron chi connectivity index (χ4n) is 3.26. The van der Waals surface area contributed by atoms with Crippen LogP contribution in [0.4, 0.5) is 0 Å². The van der Waals surface area contributed by atoms with Gasteiger partial charge in [0, 0.05) is 12.2 Å². The van der Waals surface area contributed by atoms with Crippen LogP contribution < -0.4 is 4.74 Å². The van der Waals surface area contributed by atoms with Gasteiger partial charge in [-0.2, -0.15) is 0 Å². The van der Waals surface area contributed by atoms with Crippen molar-refractivity contribution in [1.82, 2.24) is 4.90 Å². The van der Waals surface area contributed by atoms with Crippen molar-refractivity contribution in [3.8, 4) is 5.75 Å². The second-order valence-corrected chi connectivity index (χ2v) is 7.71. The van der Waals surface area contributed by atoms with Gasteiger partial charge in [-0.05, 0) is 38.0 Å². The summed E-state index contributed by atoms with van der Waals surface area (Å²) in [5, 5.41) is 0.648. The summed E-state index contributed by atoms with van der Waals surface area (Å²) in [6, 6.07) is 7.06. The van der Waals surface area contributed by atoms with Crippen LogP contribution in [0.5, 0.6) is 5.75 Å². The van der Waals surface area contributed by atoms with Crippen molar-refractivity contribution in [2.75, 3.05) is 19.0 Å². The van der Waals surface area contributed by atoms with Crippen LogP contribution >= 0.6 is 11.8 Å². The van der Waals surface area contributed by atoms with Gasteiger partial charge in [0.05, 0.1) is 30.5 Å². The van der Waals surface area contributed by atoms with Crippen molar-refractivity contribution in [3.05, 3.63) is 41.1 Å². The topological polar surface area (TPSA) is 68.2 Å². The second kappa shape index (κ2) is 9.28. The lowest BCUT2D eigenvalue weighted by Crippen LogP contribution is -2.45. The van der Waals surface area contributed by atoms with E-state index in [1.807, 2.05) is 24.3 Å². The zero-order chi connectivity index (χ0) is 20.1. The first-order valence-corrected chi connectivity index (χ1v) is 10.7. The van der Waals surface area contributed by atoms with Crippen LogP contribution in [0.15, 0.2) is 40.5 Å². The zero-order valence-corrected chi connectivity index (χ0v) is 17.4. The lowest BCUT2D eigenvalue weighted by molar-refractivity contribution is -0.139. The molecule has 1 aromatic rings. The molecule has 28 heavy (non-hydrogen) atoms. The summed E-state index contributed by atoms with van der Waals surface area (Å²) < 4.78 is 11.0. The molecule has 1 atom stereocenters. The third-order valence-corrected chi connectivity index (χ3v) is 5.62. The smallest absolute Gasteiger partial charge is 0.338 e. The Morgan fingerprint density at radius 2 is 2.04 bits per heavy atom. The molecule has 2 aliphatic rings. The number of amides is 1. The number of benzene rings is 1. The maximum atomic E-state index is 12.7. The van der Waals surface area contributed by atoms with Crippen molar-refractivity contribution in [3.63, 3.8) is 0 Å². The molecule has 0 aliphatic carbocycles. The number of allylic oxidation sites excluding steroid dienone is 1. The van der Waals surface area contributed by atoms with Crippen LogP contribution in [-0.4, -0.2) is 40.9 Å². The highest BCUT2D eigenvalue weighted by Crippen LogP contribution is 2.40. The van der Waals surface area contributed by atoms with E-state index in [0.29, 0.717) is 35.2 Å². The number of aliphatic imine (C=N–C) groups is 1. The molecule has 1 aromatic carbocycles. The van der Waals surface area contributed by atoms with Gasteiger partial charge in [-0.1, -0.05) is 37.2 Å². The monoisotopic (exact) mass is 402 g/mol. The maximum Gasteiger partial charge on any atom is 0.338 e. The number of rotatable bonds is 7. The lowest BCUT2D eigenvalue weighted by Gasteiger charge is -2.38. The number of hydrogen-bond donors (Lipinski definition) is 0. The van der Waals surface area contributed by atoms with Gasteiger partial charge in [0.2, 0.25) is 5.91 Å². The van der Waals surface area contributed by atoms with E-state index < -0.39 is 12.0 Å². The minimum atomic E-state index is -0.531. The minimum absolute atomic E-state index is 0.0277. The highest BCUT2D eigenvalue weighted by molar-refractivity contribution is 8.14. The zero-order valence-electron chi connectivity index (χ0n) is 16.6. The largest absolute Gasteiger partial charge is 0.494 e. The molecule has 2 aliphatic heterocycles. The first kappa shape index (κ1) is 20.5. The molecule has 0 bridgehead atoms. The van der Waals surface area contributed by atoms with Crippen LogP contribution in [-0.2, 0) is 14.3 Å². The Morgan fingerprint density at radius 1 is 1.29 bits per heavy atom. The summed E-state index contributed by atoms with van der Waals surface area (Å²) in [7, 11) is 0. The number of unbranched alkanes of at least 4 members (excludes halogenated alkanes) is 1. The van der Waals surface area contributed by atoms with E-state index in [1.54, 1.807) is 30.5 Å². The number of thioether (sulfide) groups is 1. The Kier molecular flexibility index (Phi) is 6.78. The first-order chi connectivity index (χ1) is 13.6. The summed E-state index contributed by atoms with van der Waals surface area (Å²) in [5.41, 5.74) is 1.86. The van der Waals surface area contributed by atoms with Gasteiger partial charge in [0.1, 0.15) is 5.75 Å². The molecule has 3 rings (SSSR count). The van der Waals surface area contributed by atoms with Gasteiger partial charge < -0.3 is 9.47 Å². The van der Waals surface area contributed by atoms with Gasteiger partial charge in [-0.25, -0.2) is 9.79 Å². The molecule has 1 fully saturated rings. The summed E-state index contributed by atoms with van der Waals surface area (Å²) in [6.07, 6.45) is 2.50. The van der Waals surface area contributed by atoms with Crippen molar-refractivity contribution < 1.29 is 19.1 Å². The fraction of sp³-hybridized carbons (Fsp3) is 0.476. The number of esters is 1. The van der Waals surface area contributed by atoms with Gasteiger partial charge >= 0.3 is 5.97 Å². The average Bonchev–Trinajstić information content (AvgIpc) is 2.68. The van der Waals surface area contributed by atoms with Crippen LogP contribution in [0.1, 0.15) is 51.6 Å². The molecule has 2 heterocycles. The van der Waals surface area contributed by atoms with Crippen molar-refractivity contribution >= 4 is 28.8 Å². The van der Waals surface area contributed by atoms with Gasteiger partial charge in [-0.15, -0.1) is 0 Å². The predicted molar refractivity (Wildman–Crippen MR) is 110 cm³/mol. The number of hydrogen-bond acceptors (Lipinski definition) is 6. The number of fused-ring (bicyclic) bond motifs is 1. The molecule has 1 saturated heterocycles. The van der Waals surface area contributed by atoms with E-state index in [1.165, 1.54) is 0 Å². The Bertz CT molecular complexity index is 801. The number of ether oxygens (including phenoxy) is 2. The highest BCUT2D eigenvalue weighted by atomic mass is 32.2. The molecule has 150 valence electrons. The Balaban J connectivity index is 1.97. The number of amidine groups is 1. The summed E-state index contributed by atoms with van der Waals surface area (Å²) >= 11 is 1.54. The number of carbonyl (C=O) groups is 2. The third-order valence-electron chi connectivity index (χ3n) is 4.66. The molecule has 1 amide bonds. The molecule has 0 saturated carbocycles. The van der Waals surface area contributed by atoms with E-state index in [4.69, 9.17) is 9.47 Å². The molecule has 0 radical (unpaired) electrons. The van der Waals surface area contributed by atoms with E-state index >= 15 is 0 Å². The van der Waals surface area contributed by atoms with Gasteiger partial charge in [0.25, 0.3) is 0 Å². The Morgan fingerprint density at radius 3 is 2.71 bits per heavy atom.